The lowest BCUT2D eigenvalue weighted by Crippen LogP contribution is -2.32. The molecule has 0 saturated heterocycles. The van der Waals surface area contributed by atoms with Crippen molar-refractivity contribution in [1.29, 1.82) is 0 Å². The second-order valence-corrected chi connectivity index (χ2v) is 4.95. The molecule has 0 saturated carbocycles. The SMILES string of the molecule is COc1ccc(NC(=O)NCCOc2ccccc2OC)c(OC)c1. The quantitative estimate of drug-likeness (QED) is 0.719. The fraction of sp³-hybridized carbons (Fsp3) is 0.278. The van der Waals surface area contributed by atoms with Crippen LogP contribution in [-0.2, 0) is 0 Å². The van der Waals surface area contributed by atoms with E-state index >= 15 is 0 Å². The highest BCUT2D eigenvalue weighted by Crippen LogP contribution is 2.29. The summed E-state index contributed by atoms with van der Waals surface area (Å²) in [7, 11) is 4.67. The maximum atomic E-state index is 12.0. The summed E-state index contributed by atoms with van der Waals surface area (Å²) in [6, 6.07) is 12.1. The average Bonchev–Trinajstić information content (AvgIpc) is 2.65. The predicted molar refractivity (Wildman–Crippen MR) is 95.1 cm³/mol. The molecule has 0 radical (unpaired) electrons. The van der Waals surface area contributed by atoms with E-state index in [1.165, 1.54) is 7.11 Å². The van der Waals surface area contributed by atoms with Gasteiger partial charge in [-0.2, -0.15) is 0 Å². The Hall–Kier alpha value is -3.09. The number of rotatable bonds is 8. The first-order valence-electron chi connectivity index (χ1n) is 7.70. The minimum atomic E-state index is -0.355. The molecule has 7 nitrogen and oxygen atoms in total. The molecule has 2 amide bonds. The lowest BCUT2D eigenvalue weighted by atomic mass is 10.2. The second-order valence-electron chi connectivity index (χ2n) is 4.95. The number of hydrogen-bond acceptors (Lipinski definition) is 5. The number of nitrogens with one attached hydrogen (secondary N) is 2. The van der Waals surface area contributed by atoms with E-state index in [1.54, 1.807) is 38.5 Å². The van der Waals surface area contributed by atoms with Gasteiger partial charge in [-0.05, 0) is 24.3 Å². The standard InChI is InChI=1S/C18H22N2O5/c1-22-13-8-9-14(17(12-13)24-3)20-18(21)19-10-11-25-16-7-5-4-6-15(16)23-2/h4-9,12H,10-11H2,1-3H3,(H2,19,20,21). The molecule has 25 heavy (non-hydrogen) atoms. The Morgan fingerprint density at radius 3 is 2.32 bits per heavy atom. The summed E-state index contributed by atoms with van der Waals surface area (Å²) in [6.45, 7) is 0.649. The molecule has 0 spiro atoms. The fourth-order valence-corrected chi connectivity index (χ4v) is 2.13. The molecule has 0 aliphatic rings. The van der Waals surface area contributed by atoms with Crippen molar-refractivity contribution < 1.29 is 23.7 Å². The van der Waals surface area contributed by atoms with Gasteiger partial charge in [0.15, 0.2) is 11.5 Å². The van der Waals surface area contributed by atoms with Gasteiger partial charge in [-0.3, -0.25) is 0 Å². The Bertz CT molecular complexity index is 706. The molecular weight excluding hydrogens is 324 g/mol. The van der Waals surface area contributed by atoms with Crippen molar-refractivity contribution in [3.8, 4) is 23.0 Å². The molecule has 2 rings (SSSR count). The molecule has 7 heteroatoms. The molecule has 0 aliphatic carbocycles. The summed E-state index contributed by atoms with van der Waals surface area (Å²) in [4.78, 5) is 12.0. The number of ether oxygens (including phenoxy) is 4. The van der Waals surface area contributed by atoms with E-state index in [1.807, 2.05) is 18.2 Å². The van der Waals surface area contributed by atoms with Gasteiger partial charge in [-0.25, -0.2) is 4.79 Å². The second kappa shape index (κ2) is 9.27. The summed E-state index contributed by atoms with van der Waals surface area (Å²) in [6.07, 6.45) is 0. The minimum absolute atomic E-state index is 0.313. The average molecular weight is 346 g/mol. The lowest BCUT2D eigenvalue weighted by molar-refractivity contribution is 0.246. The zero-order chi connectivity index (χ0) is 18.1. The van der Waals surface area contributed by atoms with Crippen LogP contribution in [0.5, 0.6) is 23.0 Å². The van der Waals surface area contributed by atoms with E-state index in [2.05, 4.69) is 10.6 Å². The fourth-order valence-electron chi connectivity index (χ4n) is 2.13. The Labute approximate surface area is 146 Å². The molecule has 0 aromatic heterocycles. The van der Waals surface area contributed by atoms with Gasteiger partial charge >= 0.3 is 6.03 Å². The summed E-state index contributed by atoms with van der Waals surface area (Å²) < 4.78 is 21.2. The molecule has 0 bridgehead atoms. The zero-order valence-electron chi connectivity index (χ0n) is 14.5. The van der Waals surface area contributed by atoms with Gasteiger partial charge in [0.05, 0.1) is 33.6 Å². The van der Waals surface area contributed by atoms with Crippen molar-refractivity contribution in [3.63, 3.8) is 0 Å². The zero-order valence-corrected chi connectivity index (χ0v) is 14.5. The molecular formula is C18H22N2O5. The maximum Gasteiger partial charge on any atom is 0.319 e. The van der Waals surface area contributed by atoms with Crippen LogP contribution in [-0.4, -0.2) is 40.5 Å². The van der Waals surface area contributed by atoms with E-state index < -0.39 is 0 Å². The highest BCUT2D eigenvalue weighted by atomic mass is 16.5. The van der Waals surface area contributed by atoms with Crippen molar-refractivity contribution in [2.75, 3.05) is 39.8 Å². The van der Waals surface area contributed by atoms with Crippen LogP contribution in [0.2, 0.25) is 0 Å². The number of urea groups is 1. The molecule has 0 atom stereocenters. The van der Waals surface area contributed by atoms with Crippen LogP contribution in [0.25, 0.3) is 0 Å². The number of methoxy groups -OCH3 is 3. The first kappa shape index (κ1) is 18.3. The van der Waals surface area contributed by atoms with Crippen molar-refractivity contribution in [2.45, 2.75) is 0 Å². The summed E-state index contributed by atoms with van der Waals surface area (Å²) in [5.41, 5.74) is 0.548. The van der Waals surface area contributed by atoms with E-state index in [9.17, 15) is 4.79 Å². The molecule has 0 heterocycles. The number of amides is 2. The van der Waals surface area contributed by atoms with Crippen LogP contribution in [0.15, 0.2) is 42.5 Å². The molecule has 2 aromatic carbocycles. The van der Waals surface area contributed by atoms with Gasteiger partial charge < -0.3 is 29.6 Å². The number of benzene rings is 2. The number of hydrogen-bond donors (Lipinski definition) is 2. The Balaban J connectivity index is 1.81. The van der Waals surface area contributed by atoms with E-state index in [-0.39, 0.29) is 6.03 Å². The van der Waals surface area contributed by atoms with E-state index in [4.69, 9.17) is 18.9 Å². The molecule has 134 valence electrons. The third-order valence-electron chi connectivity index (χ3n) is 3.37. The van der Waals surface area contributed by atoms with Gasteiger partial charge in [0.1, 0.15) is 18.1 Å². The van der Waals surface area contributed by atoms with E-state index in [0.717, 1.165) is 0 Å². The van der Waals surface area contributed by atoms with Crippen molar-refractivity contribution in [2.24, 2.45) is 0 Å². The minimum Gasteiger partial charge on any atom is -0.497 e. The van der Waals surface area contributed by atoms with E-state index in [0.29, 0.717) is 41.8 Å². The summed E-state index contributed by atoms with van der Waals surface area (Å²) in [5.74, 6) is 2.44. The van der Waals surface area contributed by atoms with Crippen LogP contribution < -0.4 is 29.6 Å². The molecule has 0 fully saturated rings. The predicted octanol–water partition coefficient (Wildman–Crippen LogP) is 2.91. The van der Waals surface area contributed by atoms with Gasteiger partial charge in [0.2, 0.25) is 0 Å². The maximum absolute atomic E-state index is 12.0. The van der Waals surface area contributed by atoms with Crippen LogP contribution in [0.4, 0.5) is 10.5 Å². The summed E-state index contributed by atoms with van der Waals surface area (Å²) >= 11 is 0. The lowest BCUT2D eigenvalue weighted by Gasteiger charge is -2.13. The largest absolute Gasteiger partial charge is 0.497 e. The van der Waals surface area contributed by atoms with Crippen molar-refractivity contribution in [1.82, 2.24) is 5.32 Å². The first-order valence-corrected chi connectivity index (χ1v) is 7.70. The highest BCUT2D eigenvalue weighted by molar-refractivity contribution is 5.91. The Kier molecular flexibility index (Phi) is 6.76. The smallest absolute Gasteiger partial charge is 0.319 e. The Morgan fingerprint density at radius 1 is 0.920 bits per heavy atom. The van der Waals surface area contributed by atoms with Gasteiger partial charge in [0, 0.05) is 6.07 Å². The molecule has 0 unspecified atom stereocenters. The topological polar surface area (TPSA) is 78.1 Å². The number of para-hydroxylation sites is 2. The number of anilines is 1. The highest BCUT2D eigenvalue weighted by Gasteiger charge is 2.09. The third kappa shape index (κ3) is 5.20. The Morgan fingerprint density at radius 2 is 1.64 bits per heavy atom. The van der Waals surface area contributed by atoms with Crippen LogP contribution in [0, 0.1) is 0 Å². The molecule has 2 aromatic rings. The van der Waals surface area contributed by atoms with Crippen molar-refractivity contribution >= 4 is 11.7 Å². The van der Waals surface area contributed by atoms with Gasteiger partial charge in [-0.15, -0.1) is 0 Å². The summed E-state index contributed by atoms with van der Waals surface area (Å²) in [5, 5.41) is 5.44. The van der Waals surface area contributed by atoms with Crippen LogP contribution in [0.1, 0.15) is 0 Å². The molecule has 2 N–H and O–H groups in total. The number of carbonyl (C=O) groups is 1. The van der Waals surface area contributed by atoms with Crippen LogP contribution >= 0.6 is 0 Å². The third-order valence-corrected chi connectivity index (χ3v) is 3.37. The van der Waals surface area contributed by atoms with Gasteiger partial charge in [0.25, 0.3) is 0 Å². The molecule has 0 aliphatic heterocycles. The van der Waals surface area contributed by atoms with Gasteiger partial charge in [-0.1, -0.05) is 12.1 Å². The van der Waals surface area contributed by atoms with Crippen LogP contribution in [0.3, 0.4) is 0 Å². The van der Waals surface area contributed by atoms with Crippen molar-refractivity contribution in [3.05, 3.63) is 42.5 Å². The monoisotopic (exact) mass is 346 g/mol. The normalized spacial score (nSPS) is 9.88. The number of carbonyl (C=O) groups excluding carboxylic acids is 1. The first-order chi connectivity index (χ1) is 12.2.